The molecule has 0 bridgehead atoms. The Hall–Kier alpha value is -2.52. The van der Waals surface area contributed by atoms with Crippen LogP contribution in [0, 0.1) is 15.9 Å². The fourth-order valence-corrected chi connectivity index (χ4v) is 2.90. The van der Waals surface area contributed by atoms with Crippen molar-refractivity contribution in [2.75, 3.05) is 7.11 Å². The standard InChI is InChI=1S/C14H13FN2O5S/c1-22-14-6-5-10(7-13(14)15)9-16-23(20,21)12-4-2-3-11(8-12)17(18)19/h2-8,16H,9H2,1H3. The predicted molar refractivity (Wildman–Crippen MR) is 80.1 cm³/mol. The van der Waals surface area contributed by atoms with E-state index in [0.29, 0.717) is 5.56 Å². The Kier molecular flexibility index (Phi) is 4.92. The van der Waals surface area contributed by atoms with E-state index in [-0.39, 0.29) is 22.9 Å². The number of nitro benzene ring substituents is 1. The molecule has 0 fully saturated rings. The second-order valence-electron chi connectivity index (χ2n) is 4.55. The van der Waals surface area contributed by atoms with Gasteiger partial charge in [0, 0.05) is 18.7 Å². The van der Waals surface area contributed by atoms with Crippen molar-refractivity contribution in [3.05, 3.63) is 64.0 Å². The van der Waals surface area contributed by atoms with E-state index in [4.69, 9.17) is 4.74 Å². The van der Waals surface area contributed by atoms with Crippen molar-refractivity contribution in [1.82, 2.24) is 4.72 Å². The van der Waals surface area contributed by atoms with Crippen LogP contribution in [0.2, 0.25) is 0 Å². The topological polar surface area (TPSA) is 98.5 Å². The summed E-state index contributed by atoms with van der Waals surface area (Å²) in [5.41, 5.74) is 0.0562. The summed E-state index contributed by atoms with van der Waals surface area (Å²) in [6, 6.07) is 8.71. The van der Waals surface area contributed by atoms with E-state index in [1.54, 1.807) is 0 Å². The van der Waals surface area contributed by atoms with E-state index < -0.39 is 20.8 Å². The highest BCUT2D eigenvalue weighted by Crippen LogP contribution is 2.19. The van der Waals surface area contributed by atoms with Crippen LogP contribution in [0.5, 0.6) is 5.75 Å². The van der Waals surface area contributed by atoms with Gasteiger partial charge < -0.3 is 4.74 Å². The number of nitrogens with one attached hydrogen (secondary N) is 1. The molecule has 7 nitrogen and oxygen atoms in total. The predicted octanol–water partition coefficient (Wildman–Crippen LogP) is 2.22. The van der Waals surface area contributed by atoms with Crippen LogP contribution < -0.4 is 9.46 Å². The van der Waals surface area contributed by atoms with Crippen molar-refractivity contribution in [1.29, 1.82) is 0 Å². The summed E-state index contributed by atoms with van der Waals surface area (Å²) >= 11 is 0. The number of hydrogen-bond acceptors (Lipinski definition) is 5. The highest BCUT2D eigenvalue weighted by Gasteiger charge is 2.17. The van der Waals surface area contributed by atoms with Crippen LogP contribution in [0.3, 0.4) is 0 Å². The summed E-state index contributed by atoms with van der Waals surface area (Å²) in [5.74, 6) is -0.560. The highest BCUT2D eigenvalue weighted by molar-refractivity contribution is 7.89. The van der Waals surface area contributed by atoms with Crippen LogP contribution >= 0.6 is 0 Å². The van der Waals surface area contributed by atoms with E-state index in [1.807, 2.05) is 0 Å². The molecule has 2 rings (SSSR count). The zero-order chi connectivity index (χ0) is 17.0. The van der Waals surface area contributed by atoms with Crippen molar-refractivity contribution >= 4 is 15.7 Å². The molecule has 0 amide bonds. The second kappa shape index (κ2) is 6.71. The molecule has 0 aromatic heterocycles. The zero-order valence-corrected chi connectivity index (χ0v) is 12.8. The van der Waals surface area contributed by atoms with Crippen molar-refractivity contribution in [2.45, 2.75) is 11.4 Å². The Morgan fingerprint density at radius 2 is 2.00 bits per heavy atom. The molecule has 0 unspecified atom stereocenters. The van der Waals surface area contributed by atoms with Crippen LogP contribution in [-0.2, 0) is 16.6 Å². The maximum atomic E-state index is 13.6. The molecule has 9 heteroatoms. The molecule has 2 aromatic carbocycles. The van der Waals surface area contributed by atoms with E-state index in [0.717, 1.165) is 12.1 Å². The largest absolute Gasteiger partial charge is 0.494 e. The minimum atomic E-state index is -3.95. The van der Waals surface area contributed by atoms with Gasteiger partial charge in [-0.05, 0) is 23.8 Å². The summed E-state index contributed by atoms with van der Waals surface area (Å²) in [6.07, 6.45) is 0. The van der Waals surface area contributed by atoms with Gasteiger partial charge in [-0.2, -0.15) is 0 Å². The van der Waals surface area contributed by atoms with Gasteiger partial charge in [-0.3, -0.25) is 10.1 Å². The number of nitrogens with zero attached hydrogens (tertiary/aromatic N) is 1. The number of benzene rings is 2. The number of hydrogen-bond donors (Lipinski definition) is 1. The molecule has 1 N–H and O–H groups in total. The van der Waals surface area contributed by atoms with E-state index in [1.165, 1.54) is 37.4 Å². The van der Waals surface area contributed by atoms with E-state index in [2.05, 4.69) is 4.72 Å². The van der Waals surface area contributed by atoms with Crippen LogP contribution in [-0.4, -0.2) is 20.5 Å². The molecule has 0 aliphatic rings. The lowest BCUT2D eigenvalue weighted by Gasteiger charge is -2.08. The second-order valence-corrected chi connectivity index (χ2v) is 6.31. The molecule has 23 heavy (non-hydrogen) atoms. The minimum absolute atomic E-state index is 0.0512. The number of ether oxygens (including phenoxy) is 1. The van der Waals surface area contributed by atoms with Crippen molar-refractivity contribution < 1.29 is 22.5 Å². The van der Waals surface area contributed by atoms with Crippen LogP contribution in [0.25, 0.3) is 0 Å². The summed E-state index contributed by atoms with van der Waals surface area (Å²) in [6.45, 7) is -0.161. The van der Waals surface area contributed by atoms with Gasteiger partial charge in [0.2, 0.25) is 10.0 Å². The SMILES string of the molecule is COc1ccc(CNS(=O)(=O)c2cccc([N+](=O)[O-])c2)cc1F. The fraction of sp³-hybridized carbons (Fsp3) is 0.143. The molecule has 0 saturated heterocycles. The quantitative estimate of drug-likeness (QED) is 0.642. The Morgan fingerprint density at radius 1 is 1.26 bits per heavy atom. The molecule has 0 spiro atoms. The minimum Gasteiger partial charge on any atom is -0.494 e. The molecular weight excluding hydrogens is 327 g/mol. The van der Waals surface area contributed by atoms with Gasteiger partial charge in [-0.25, -0.2) is 17.5 Å². The molecule has 122 valence electrons. The Morgan fingerprint density at radius 3 is 2.61 bits per heavy atom. The van der Waals surface area contributed by atoms with Gasteiger partial charge in [0.25, 0.3) is 5.69 Å². The lowest BCUT2D eigenvalue weighted by molar-refractivity contribution is -0.385. The first-order chi connectivity index (χ1) is 10.8. The fourth-order valence-electron chi connectivity index (χ4n) is 1.85. The van der Waals surface area contributed by atoms with E-state index >= 15 is 0 Å². The van der Waals surface area contributed by atoms with Crippen molar-refractivity contribution in [2.24, 2.45) is 0 Å². The average molecular weight is 340 g/mol. The molecular formula is C14H13FN2O5S. The van der Waals surface area contributed by atoms with Gasteiger partial charge in [0.1, 0.15) is 0 Å². The van der Waals surface area contributed by atoms with E-state index in [9.17, 15) is 22.9 Å². The van der Waals surface area contributed by atoms with Crippen molar-refractivity contribution in [3.63, 3.8) is 0 Å². The van der Waals surface area contributed by atoms with Gasteiger partial charge in [0.05, 0.1) is 16.9 Å². The molecule has 0 aliphatic heterocycles. The third-order valence-corrected chi connectivity index (χ3v) is 4.42. The summed E-state index contributed by atoms with van der Waals surface area (Å²) in [4.78, 5) is 9.78. The molecule has 0 heterocycles. The number of halogens is 1. The van der Waals surface area contributed by atoms with Gasteiger partial charge in [-0.1, -0.05) is 12.1 Å². The molecule has 2 aromatic rings. The summed E-state index contributed by atoms with van der Waals surface area (Å²) < 4.78 is 44.9. The van der Waals surface area contributed by atoms with Gasteiger partial charge in [0.15, 0.2) is 11.6 Å². The lowest BCUT2D eigenvalue weighted by atomic mass is 10.2. The molecule has 0 aliphatic carbocycles. The lowest BCUT2D eigenvalue weighted by Crippen LogP contribution is -2.23. The smallest absolute Gasteiger partial charge is 0.270 e. The number of non-ortho nitro benzene ring substituents is 1. The monoisotopic (exact) mass is 340 g/mol. The number of nitro groups is 1. The maximum absolute atomic E-state index is 13.6. The molecule has 0 atom stereocenters. The first-order valence-electron chi connectivity index (χ1n) is 6.40. The average Bonchev–Trinajstić information content (AvgIpc) is 2.53. The molecule has 0 saturated carbocycles. The third kappa shape index (κ3) is 4.02. The van der Waals surface area contributed by atoms with Crippen molar-refractivity contribution in [3.8, 4) is 5.75 Å². The third-order valence-electron chi connectivity index (χ3n) is 3.02. The number of sulfonamides is 1. The first-order valence-corrected chi connectivity index (χ1v) is 7.88. The summed E-state index contributed by atoms with van der Waals surface area (Å²) in [5, 5.41) is 10.7. The zero-order valence-electron chi connectivity index (χ0n) is 12.0. The number of methoxy groups -OCH3 is 1. The van der Waals surface area contributed by atoms with Crippen LogP contribution in [0.4, 0.5) is 10.1 Å². The molecule has 0 radical (unpaired) electrons. The van der Waals surface area contributed by atoms with Crippen LogP contribution in [0.15, 0.2) is 47.4 Å². The normalized spacial score (nSPS) is 11.2. The Balaban J connectivity index is 2.17. The van der Waals surface area contributed by atoms with Gasteiger partial charge >= 0.3 is 0 Å². The Labute approximate surface area is 131 Å². The van der Waals surface area contributed by atoms with Gasteiger partial charge in [-0.15, -0.1) is 0 Å². The highest BCUT2D eigenvalue weighted by atomic mass is 32.2. The first kappa shape index (κ1) is 16.8. The number of rotatable bonds is 6. The summed E-state index contributed by atoms with van der Waals surface area (Å²) in [7, 11) is -2.63. The van der Waals surface area contributed by atoms with Crippen LogP contribution in [0.1, 0.15) is 5.56 Å². The Bertz CT molecular complexity index is 839. The maximum Gasteiger partial charge on any atom is 0.270 e.